The molecule has 0 bridgehead atoms. The van der Waals surface area contributed by atoms with Gasteiger partial charge < -0.3 is 4.42 Å². The molecular weight excluding hydrogens is 476 g/mol. The zero-order chi connectivity index (χ0) is 25.8. The Bertz CT molecular complexity index is 2160. The summed E-state index contributed by atoms with van der Waals surface area (Å²) in [5.74, 6) is 0. The van der Waals surface area contributed by atoms with E-state index in [1.165, 1.54) is 0 Å². The van der Waals surface area contributed by atoms with E-state index in [0.717, 1.165) is 77.4 Å². The summed E-state index contributed by atoms with van der Waals surface area (Å²) in [6, 6.07) is 46.0. The van der Waals surface area contributed by atoms with Crippen LogP contribution in [0, 0.1) is 0 Å². The molecule has 0 fully saturated rings. The number of aromatic nitrogens is 2. The maximum absolute atomic E-state index is 6.41. The highest BCUT2D eigenvalue weighted by Gasteiger charge is 2.16. The van der Waals surface area contributed by atoms with Gasteiger partial charge in [-0.3, -0.25) is 0 Å². The molecule has 3 heteroatoms. The molecule has 0 aliphatic heterocycles. The maximum atomic E-state index is 6.41. The molecule has 2 heterocycles. The average molecular weight is 499 g/mol. The summed E-state index contributed by atoms with van der Waals surface area (Å²) >= 11 is 0. The normalized spacial score (nSPS) is 11.6. The number of nitrogens with zero attached hydrogens (tertiary/aromatic N) is 2. The van der Waals surface area contributed by atoms with Crippen LogP contribution in [0.1, 0.15) is 0 Å². The molecule has 2 aromatic heterocycles. The lowest BCUT2D eigenvalue weighted by atomic mass is 9.95. The molecule has 8 rings (SSSR count). The molecule has 182 valence electrons. The molecule has 0 atom stereocenters. The molecule has 0 radical (unpaired) electrons. The fourth-order valence-corrected chi connectivity index (χ4v) is 5.60. The van der Waals surface area contributed by atoms with Gasteiger partial charge in [0.2, 0.25) is 0 Å². The Hall–Kier alpha value is -5.28. The second-order valence-corrected chi connectivity index (χ2v) is 9.80. The van der Waals surface area contributed by atoms with E-state index in [1.54, 1.807) is 0 Å². The van der Waals surface area contributed by atoms with E-state index in [-0.39, 0.29) is 0 Å². The maximum Gasteiger partial charge on any atom is 0.143 e. The minimum atomic E-state index is 0.879. The molecule has 39 heavy (non-hydrogen) atoms. The lowest BCUT2D eigenvalue weighted by Gasteiger charge is -2.12. The molecule has 0 spiro atoms. The standard InChI is InChI=1S/C36H22N2O/c1-2-9-25(10-3-1)34-35(38-31-15-6-5-14-30(31)37-34)26-19-17-23(18-20-26)27-13-8-11-24-21-22-29-28-12-4-7-16-32(28)39-36(29)33(24)27/h1-22H. The van der Waals surface area contributed by atoms with Gasteiger partial charge >= 0.3 is 0 Å². The molecule has 0 aliphatic carbocycles. The zero-order valence-corrected chi connectivity index (χ0v) is 21.0. The third kappa shape index (κ3) is 3.52. The first kappa shape index (κ1) is 21.8. The van der Waals surface area contributed by atoms with Crippen molar-refractivity contribution in [2.75, 3.05) is 0 Å². The quantitative estimate of drug-likeness (QED) is 0.243. The fourth-order valence-electron chi connectivity index (χ4n) is 5.60. The van der Waals surface area contributed by atoms with E-state index >= 15 is 0 Å². The van der Waals surface area contributed by atoms with Gasteiger partial charge in [-0.2, -0.15) is 0 Å². The first-order valence-corrected chi connectivity index (χ1v) is 13.1. The number of fused-ring (bicyclic) bond motifs is 6. The predicted octanol–water partition coefficient (Wildman–Crippen LogP) is 9.68. The minimum absolute atomic E-state index is 0.879. The molecule has 8 aromatic rings. The minimum Gasteiger partial charge on any atom is -0.455 e. The van der Waals surface area contributed by atoms with Gasteiger partial charge in [-0.15, -0.1) is 0 Å². The van der Waals surface area contributed by atoms with Gasteiger partial charge in [-0.05, 0) is 40.8 Å². The van der Waals surface area contributed by atoms with Gasteiger partial charge in [-0.25, -0.2) is 9.97 Å². The van der Waals surface area contributed by atoms with E-state index in [0.29, 0.717) is 0 Å². The second-order valence-electron chi connectivity index (χ2n) is 9.80. The van der Waals surface area contributed by atoms with Crippen molar-refractivity contribution in [3.8, 4) is 33.6 Å². The first-order valence-electron chi connectivity index (χ1n) is 13.1. The molecule has 3 nitrogen and oxygen atoms in total. The van der Waals surface area contributed by atoms with Gasteiger partial charge in [0.15, 0.2) is 0 Å². The second kappa shape index (κ2) is 8.64. The molecule has 0 saturated heterocycles. The molecular formula is C36H22N2O. The summed E-state index contributed by atoms with van der Waals surface area (Å²) < 4.78 is 6.41. The van der Waals surface area contributed by atoms with Crippen molar-refractivity contribution in [1.82, 2.24) is 9.97 Å². The van der Waals surface area contributed by atoms with Gasteiger partial charge in [-0.1, -0.05) is 109 Å². The summed E-state index contributed by atoms with van der Waals surface area (Å²) in [6.07, 6.45) is 0. The van der Waals surface area contributed by atoms with Crippen LogP contribution < -0.4 is 0 Å². The molecule has 0 unspecified atom stereocenters. The van der Waals surface area contributed by atoms with Crippen molar-refractivity contribution >= 4 is 43.7 Å². The molecule has 6 aromatic carbocycles. The molecule has 0 aliphatic rings. The average Bonchev–Trinajstić information content (AvgIpc) is 3.40. The smallest absolute Gasteiger partial charge is 0.143 e. The Morgan fingerprint density at radius 3 is 1.85 bits per heavy atom. The van der Waals surface area contributed by atoms with Crippen LogP contribution in [0.5, 0.6) is 0 Å². The van der Waals surface area contributed by atoms with Crippen LogP contribution in [0.3, 0.4) is 0 Å². The van der Waals surface area contributed by atoms with Crippen LogP contribution in [0.25, 0.3) is 77.4 Å². The van der Waals surface area contributed by atoms with Gasteiger partial charge in [0.25, 0.3) is 0 Å². The Morgan fingerprint density at radius 1 is 0.436 bits per heavy atom. The van der Waals surface area contributed by atoms with Crippen molar-refractivity contribution < 1.29 is 4.42 Å². The molecule has 0 N–H and O–H groups in total. The van der Waals surface area contributed by atoms with Crippen LogP contribution >= 0.6 is 0 Å². The van der Waals surface area contributed by atoms with E-state index < -0.39 is 0 Å². The number of hydrogen-bond donors (Lipinski definition) is 0. The zero-order valence-electron chi connectivity index (χ0n) is 21.0. The lowest BCUT2D eigenvalue weighted by molar-refractivity contribution is 0.673. The van der Waals surface area contributed by atoms with E-state index in [2.05, 4.69) is 78.9 Å². The van der Waals surface area contributed by atoms with Crippen molar-refractivity contribution in [3.05, 3.63) is 133 Å². The van der Waals surface area contributed by atoms with Crippen LogP contribution in [-0.4, -0.2) is 9.97 Å². The van der Waals surface area contributed by atoms with E-state index in [4.69, 9.17) is 14.4 Å². The summed E-state index contributed by atoms with van der Waals surface area (Å²) in [6.45, 7) is 0. The highest BCUT2D eigenvalue weighted by molar-refractivity contribution is 6.18. The molecule has 0 amide bonds. The Labute approximate surface area is 225 Å². The topological polar surface area (TPSA) is 38.9 Å². The number of rotatable bonds is 3. The monoisotopic (exact) mass is 498 g/mol. The first-order chi connectivity index (χ1) is 19.3. The third-order valence-electron chi connectivity index (χ3n) is 7.47. The van der Waals surface area contributed by atoms with E-state index in [1.807, 2.05) is 54.6 Å². The highest BCUT2D eigenvalue weighted by Crippen LogP contribution is 2.39. The Kier molecular flexibility index (Phi) is 4.82. The summed E-state index contributed by atoms with van der Waals surface area (Å²) in [5.41, 5.74) is 9.75. The Morgan fingerprint density at radius 2 is 1.08 bits per heavy atom. The predicted molar refractivity (Wildman–Crippen MR) is 161 cm³/mol. The van der Waals surface area contributed by atoms with Crippen LogP contribution in [0.15, 0.2) is 138 Å². The van der Waals surface area contributed by atoms with Crippen molar-refractivity contribution in [1.29, 1.82) is 0 Å². The van der Waals surface area contributed by atoms with Crippen molar-refractivity contribution in [2.24, 2.45) is 0 Å². The van der Waals surface area contributed by atoms with Crippen LogP contribution in [0.4, 0.5) is 0 Å². The SMILES string of the molecule is c1ccc(-c2nc3ccccc3nc2-c2ccc(-c3cccc4ccc5c6ccccc6oc5c34)cc2)cc1. The number of hydrogen-bond acceptors (Lipinski definition) is 3. The number of furan rings is 1. The summed E-state index contributed by atoms with van der Waals surface area (Å²) in [5, 5.41) is 4.58. The van der Waals surface area contributed by atoms with Gasteiger partial charge in [0, 0.05) is 27.3 Å². The van der Waals surface area contributed by atoms with Crippen LogP contribution in [0.2, 0.25) is 0 Å². The van der Waals surface area contributed by atoms with Gasteiger partial charge in [0.1, 0.15) is 11.2 Å². The summed E-state index contributed by atoms with van der Waals surface area (Å²) in [7, 11) is 0. The number of para-hydroxylation sites is 3. The lowest BCUT2D eigenvalue weighted by Crippen LogP contribution is -1.95. The fraction of sp³-hybridized carbons (Fsp3) is 0. The largest absolute Gasteiger partial charge is 0.455 e. The Balaban J connectivity index is 1.31. The highest BCUT2D eigenvalue weighted by atomic mass is 16.3. The van der Waals surface area contributed by atoms with Gasteiger partial charge in [0.05, 0.1) is 22.4 Å². The van der Waals surface area contributed by atoms with Crippen molar-refractivity contribution in [3.63, 3.8) is 0 Å². The summed E-state index contributed by atoms with van der Waals surface area (Å²) in [4.78, 5) is 10.1. The molecule has 0 saturated carbocycles. The van der Waals surface area contributed by atoms with E-state index in [9.17, 15) is 0 Å². The van der Waals surface area contributed by atoms with Crippen LogP contribution in [-0.2, 0) is 0 Å². The number of benzene rings is 6. The third-order valence-corrected chi connectivity index (χ3v) is 7.47. The van der Waals surface area contributed by atoms with Crippen molar-refractivity contribution in [2.45, 2.75) is 0 Å².